The van der Waals surface area contributed by atoms with E-state index in [2.05, 4.69) is 10.6 Å². The summed E-state index contributed by atoms with van der Waals surface area (Å²) in [5, 5.41) is 4.90. The van der Waals surface area contributed by atoms with Crippen molar-refractivity contribution in [3.05, 3.63) is 28.8 Å². The molecule has 8 heteroatoms. The summed E-state index contributed by atoms with van der Waals surface area (Å²) in [7, 11) is 1.50. The first kappa shape index (κ1) is 17.9. The molecular weight excluding hydrogens is 312 g/mol. The summed E-state index contributed by atoms with van der Waals surface area (Å²) in [6.07, 6.45) is 0. The Morgan fingerprint density at radius 1 is 1.27 bits per heavy atom. The molecule has 0 atom stereocenters. The second-order valence-electron chi connectivity index (χ2n) is 4.28. The van der Waals surface area contributed by atoms with Gasteiger partial charge >= 0.3 is 6.03 Å². The number of rotatable bonds is 7. The number of ether oxygens (including phenoxy) is 2. The molecule has 0 aliphatic heterocycles. The van der Waals surface area contributed by atoms with Gasteiger partial charge in [0.25, 0.3) is 5.91 Å². The molecular formula is C14H17ClN2O5. The fourth-order valence-corrected chi connectivity index (χ4v) is 1.69. The van der Waals surface area contributed by atoms with Crippen molar-refractivity contribution in [2.45, 2.75) is 6.92 Å². The van der Waals surface area contributed by atoms with Gasteiger partial charge in [-0.25, -0.2) is 4.79 Å². The van der Waals surface area contributed by atoms with Gasteiger partial charge in [-0.1, -0.05) is 11.6 Å². The molecule has 7 nitrogen and oxygen atoms in total. The second-order valence-corrected chi connectivity index (χ2v) is 4.72. The minimum absolute atomic E-state index is 0.229. The van der Waals surface area contributed by atoms with E-state index < -0.39 is 18.5 Å². The molecule has 0 aliphatic carbocycles. The van der Waals surface area contributed by atoms with E-state index >= 15 is 0 Å². The summed E-state index contributed by atoms with van der Waals surface area (Å²) >= 11 is 5.80. The number of ketones is 1. The molecule has 0 saturated carbocycles. The molecule has 0 bridgehead atoms. The Balaban J connectivity index is 2.51. The lowest BCUT2D eigenvalue weighted by molar-refractivity contribution is -0.122. The summed E-state index contributed by atoms with van der Waals surface area (Å²) < 4.78 is 10.00. The summed E-state index contributed by atoms with van der Waals surface area (Å²) in [5.41, 5.74) is 0.268. The molecule has 0 unspecified atom stereocenters. The number of benzene rings is 1. The molecule has 0 spiro atoms. The van der Waals surface area contributed by atoms with Crippen molar-refractivity contribution < 1.29 is 23.9 Å². The van der Waals surface area contributed by atoms with Crippen LogP contribution in [0.3, 0.4) is 0 Å². The predicted octanol–water partition coefficient (Wildman–Crippen LogP) is 1.39. The molecule has 1 rings (SSSR count). The van der Waals surface area contributed by atoms with E-state index in [1.807, 2.05) is 0 Å². The first-order valence-electron chi connectivity index (χ1n) is 6.44. The highest BCUT2D eigenvalue weighted by molar-refractivity contribution is 6.31. The van der Waals surface area contributed by atoms with Gasteiger partial charge in [0.15, 0.2) is 12.4 Å². The topological polar surface area (TPSA) is 93.7 Å². The Kier molecular flexibility index (Phi) is 7.34. The molecule has 0 radical (unpaired) electrons. The number of urea groups is 1. The van der Waals surface area contributed by atoms with Crippen molar-refractivity contribution in [3.8, 4) is 5.75 Å². The number of halogens is 1. The molecule has 0 saturated heterocycles. The molecule has 120 valence electrons. The smallest absolute Gasteiger partial charge is 0.321 e. The highest BCUT2D eigenvalue weighted by Gasteiger charge is 2.12. The number of methoxy groups -OCH3 is 1. The van der Waals surface area contributed by atoms with E-state index in [0.717, 1.165) is 0 Å². The average molecular weight is 329 g/mol. The van der Waals surface area contributed by atoms with Gasteiger partial charge in [0.05, 0.1) is 12.2 Å². The van der Waals surface area contributed by atoms with Gasteiger partial charge in [-0.05, 0) is 25.1 Å². The van der Waals surface area contributed by atoms with Gasteiger partial charge in [-0.15, -0.1) is 0 Å². The third-order valence-corrected chi connectivity index (χ3v) is 2.76. The monoisotopic (exact) mass is 328 g/mol. The molecule has 0 aromatic heterocycles. The van der Waals surface area contributed by atoms with E-state index in [9.17, 15) is 14.4 Å². The SMILES string of the molecule is COCCNC(=O)NC(=O)COc1ccc(Cl)cc1C(C)=O. The molecule has 0 heterocycles. The standard InChI is InChI=1S/C14H17ClN2O5/c1-9(18)11-7-10(15)3-4-12(11)22-8-13(19)17-14(20)16-5-6-21-2/h3-4,7H,5-6,8H2,1-2H3,(H2,16,17,19,20). The van der Waals surface area contributed by atoms with Gasteiger partial charge < -0.3 is 14.8 Å². The van der Waals surface area contributed by atoms with E-state index in [-0.39, 0.29) is 23.6 Å². The molecule has 1 aromatic carbocycles. The number of hydrogen-bond donors (Lipinski definition) is 2. The van der Waals surface area contributed by atoms with Crippen LogP contribution >= 0.6 is 11.6 Å². The minimum atomic E-state index is -0.645. The normalized spacial score (nSPS) is 9.95. The number of nitrogens with one attached hydrogen (secondary N) is 2. The molecule has 22 heavy (non-hydrogen) atoms. The van der Waals surface area contributed by atoms with Crippen LogP contribution in [-0.4, -0.2) is 44.6 Å². The van der Waals surface area contributed by atoms with Crippen LogP contribution in [0.25, 0.3) is 0 Å². The molecule has 3 amide bonds. The Morgan fingerprint density at radius 2 is 2.00 bits per heavy atom. The van der Waals surface area contributed by atoms with Crippen molar-refractivity contribution in [2.24, 2.45) is 0 Å². The van der Waals surface area contributed by atoms with Crippen LogP contribution in [0, 0.1) is 0 Å². The van der Waals surface area contributed by atoms with Crippen LogP contribution in [0.1, 0.15) is 17.3 Å². The summed E-state index contributed by atoms with van der Waals surface area (Å²) in [6, 6.07) is 3.84. The first-order valence-corrected chi connectivity index (χ1v) is 6.81. The minimum Gasteiger partial charge on any atom is -0.483 e. The maximum Gasteiger partial charge on any atom is 0.321 e. The fourth-order valence-electron chi connectivity index (χ4n) is 1.52. The van der Waals surface area contributed by atoms with Gasteiger partial charge in [0.1, 0.15) is 5.75 Å². The van der Waals surface area contributed by atoms with E-state index in [1.54, 1.807) is 6.07 Å². The first-order chi connectivity index (χ1) is 10.4. The number of amides is 3. The maximum atomic E-state index is 11.6. The molecule has 1 aromatic rings. The highest BCUT2D eigenvalue weighted by Crippen LogP contribution is 2.23. The summed E-state index contributed by atoms with van der Waals surface area (Å²) in [4.78, 5) is 34.4. The summed E-state index contributed by atoms with van der Waals surface area (Å²) in [6.45, 7) is 1.58. The zero-order valence-electron chi connectivity index (χ0n) is 12.3. The van der Waals surface area contributed by atoms with Crippen LogP contribution in [0.4, 0.5) is 4.79 Å². The van der Waals surface area contributed by atoms with E-state index in [1.165, 1.54) is 26.2 Å². The van der Waals surface area contributed by atoms with E-state index in [0.29, 0.717) is 11.6 Å². The van der Waals surface area contributed by atoms with Crippen molar-refractivity contribution >= 4 is 29.3 Å². The van der Waals surface area contributed by atoms with Gasteiger partial charge in [-0.3, -0.25) is 14.9 Å². The average Bonchev–Trinajstić information content (AvgIpc) is 2.46. The van der Waals surface area contributed by atoms with Crippen LogP contribution < -0.4 is 15.4 Å². The number of hydrogen-bond acceptors (Lipinski definition) is 5. The van der Waals surface area contributed by atoms with Crippen LogP contribution in [-0.2, 0) is 9.53 Å². The lowest BCUT2D eigenvalue weighted by Gasteiger charge is -2.10. The van der Waals surface area contributed by atoms with Crippen molar-refractivity contribution in [1.29, 1.82) is 0 Å². The number of imide groups is 1. The Labute approximate surface area is 132 Å². The number of carbonyl (C=O) groups is 3. The van der Waals surface area contributed by atoms with Crippen molar-refractivity contribution in [3.63, 3.8) is 0 Å². The summed E-state index contributed by atoms with van der Waals surface area (Å²) in [5.74, 6) is -0.651. The zero-order chi connectivity index (χ0) is 16.5. The zero-order valence-corrected chi connectivity index (χ0v) is 13.0. The molecule has 0 fully saturated rings. The lowest BCUT2D eigenvalue weighted by atomic mass is 10.1. The molecule has 0 aliphatic rings. The lowest BCUT2D eigenvalue weighted by Crippen LogP contribution is -2.42. The Bertz CT molecular complexity index is 562. The maximum absolute atomic E-state index is 11.6. The van der Waals surface area contributed by atoms with E-state index in [4.69, 9.17) is 21.1 Å². The fraction of sp³-hybridized carbons (Fsp3) is 0.357. The van der Waals surface area contributed by atoms with Crippen molar-refractivity contribution in [1.82, 2.24) is 10.6 Å². The van der Waals surface area contributed by atoms with Gasteiger partial charge in [0.2, 0.25) is 0 Å². The Morgan fingerprint density at radius 3 is 2.64 bits per heavy atom. The van der Waals surface area contributed by atoms with Gasteiger partial charge in [0, 0.05) is 18.7 Å². The predicted molar refractivity (Wildman–Crippen MR) is 80.4 cm³/mol. The third kappa shape index (κ3) is 6.11. The molecule has 2 N–H and O–H groups in total. The number of Topliss-reactive ketones (excluding diaryl/α,β-unsaturated/α-hetero) is 1. The second kappa shape index (κ2) is 9.01. The number of carbonyl (C=O) groups excluding carboxylic acids is 3. The Hall–Kier alpha value is -2.12. The largest absolute Gasteiger partial charge is 0.483 e. The van der Waals surface area contributed by atoms with Crippen LogP contribution in [0.5, 0.6) is 5.75 Å². The van der Waals surface area contributed by atoms with Crippen LogP contribution in [0.15, 0.2) is 18.2 Å². The quantitative estimate of drug-likeness (QED) is 0.583. The highest BCUT2D eigenvalue weighted by atomic mass is 35.5. The van der Waals surface area contributed by atoms with Crippen LogP contribution in [0.2, 0.25) is 5.02 Å². The van der Waals surface area contributed by atoms with Crippen molar-refractivity contribution in [2.75, 3.05) is 26.9 Å². The third-order valence-electron chi connectivity index (χ3n) is 2.52. The van der Waals surface area contributed by atoms with Gasteiger partial charge in [-0.2, -0.15) is 0 Å².